The van der Waals surface area contributed by atoms with Gasteiger partial charge in [-0.25, -0.2) is 9.38 Å². The van der Waals surface area contributed by atoms with Crippen molar-refractivity contribution in [2.24, 2.45) is 4.99 Å². The van der Waals surface area contributed by atoms with Gasteiger partial charge in [-0.1, -0.05) is 0 Å². The van der Waals surface area contributed by atoms with Gasteiger partial charge in [-0.15, -0.1) is 24.0 Å². The quantitative estimate of drug-likeness (QED) is 0.352. The van der Waals surface area contributed by atoms with Crippen LogP contribution in [0.1, 0.15) is 0 Å². The van der Waals surface area contributed by atoms with Gasteiger partial charge in [0.2, 0.25) is 11.8 Å². The Kier molecular flexibility index (Phi) is 10.1. The number of carbonyl (C=O) groups is 2. The van der Waals surface area contributed by atoms with Crippen LogP contribution in [-0.4, -0.2) is 99.9 Å². The van der Waals surface area contributed by atoms with E-state index in [2.05, 4.69) is 15.2 Å². The van der Waals surface area contributed by atoms with Crippen LogP contribution in [0.15, 0.2) is 29.3 Å². The molecule has 0 spiro atoms. The molecular weight excluding hydrogens is 490 g/mol. The highest BCUT2D eigenvalue weighted by atomic mass is 127. The first-order valence-electron chi connectivity index (χ1n) is 9.22. The summed E-state index contributed by atoms with van der Waals surface area (Å²) in [5.74, 6) is 0.112. The average molecular weight is 520 g/mol. The molecule has 29 heavy (non-hydrogen) atoms. The highest BCUT2D eigenvalue weighted by Crippen LogP contribution is 2.17. The molecule has 1 heterocycles. The van der Waals surface area contributed by atoms with E-state index in [-0.39, 0.29) is 54.7 Å². The molecule has 0 bridgehead atoms. The lowest BCUT2D eigenvalue weighted by Crippen LogP contribution is -2.54. The third kappa shape index (κ3) is 7.67. The summed E-state index contributed by atoms with van der Waals surface area (Å²) in [6.45, 7) is 2.94. The number of carbonyl (C=O) groups excluding carboxylic acids is 2. The summed E-state index contributed by atoms with van der Waals surface area (Å²) in [6, 6.07) is 6.44. The number of anilines is 1. The van der Waals surface area contributed by atoms with Crippen molar-refractivity contribution < 1.29 is 14.0 Å². The molecule has 0 saturated carbocycles. The topological polar surface area (TPSA) is 71.5 Å². The maximum Gasteiger partial charge on any atom is 0.243 e. The number of benzene rings is 1. The van der Waals surface area contributed by atoms with Gasteiger partial charge in [-0.05, 0) is 24.3 Å². The van der Waals surface area contributed by atoms with Crippen molar-refractivity contribution in [3.05, 3.63) is 30.1 Å². The van der Waals surface area contributed by atoms with Crippen LogP contribution in [-0.2, 0) is 9.59 Å². The molecule has 1 aliphatic heterocycles. The number of nitrogens with one attached hydrogen (secondary N) is 1. The molecule has 0 aromatic heterocycles. The van der Waals surface area contributed by atoms with Crippen LogP contribution >= 0.6 is 24.0 Å². The van der Waals surface area contributed by atoms with Gasteiger partial charge in [0.05, 0.1) is 6.54 Å². The lowest BCUT2D eigenvalue weighted by atomic mass is 10.2. The van der Waals surface area contributed by atoms with E-state index in [0.717, 1.165) is 18.8 Å². The van der Waals surface area contributed by atoms with Crippen molar-refractivity contribution in [2.75, 3.05) is 72.4 Å². The van der Waals surface area contributed by atoms with Gasteiger partial charge in [0.25, 0.3) is 0 Å². The predicted octanol–water partition coefficient (Wildman–Crippen LogP) is 0.688. The van der Waals surface area contributed by atoms with E-state index in [1.807, 2.05) is 4.90 Å². The van der Waals surface area contributed by atoms with E-state index < -0.39 is 0 Å². The molecule has 0 unspecified atom stereocenters. The zero-order valence-electron chi connectivity index (χ0n) is 17.4. The summed E-state index contributed by atoms with van der Waals surface area (Å²) in [7, 11) is 6.75. The van der Waals surface area contributed by atoms with Crippen LogP contribution in [0.4, 0.5) is 10.1 Å². The number of halogens is 2. The highest BCUT2D eigenvalue weighted by molar-refractivity contribution is 14.0. The fourth-order valence-electron chi connectivity index (χ4n) is 2.69. The van der Waals surface area contributed by atoms with E-state index in [1.165, 1.54) is 21.9 Å². The molecule has 1 fully saturated rings. The minimum Gasteiger partial charge on any atom is -0.368 e. The van der Waals surface area contributed by atoms with Gasteiger partial charge >= 0.3 is 0 Å². The summed E-state index contributed by atoms with van der Waals surface area (Å²) in [5.41, 5.74) is 0.970. The van der Waals surface area contributed by atoms with Crippen LogP contribution in [0.3, 0.4) is 0 Å². The Labute approximate surface area is 188 Å². The number of piperazine rings is 1. The van der Waals surface area contributed by atoms with Crippen LogP contribution in [0, 0.1) is 5.82 Å². The smallest absolute Gasteiger partial charge is 0.243 e. The summed E-state index contributed by atoms with van der Waals surface area (Å²) in [6.07, 6.45) is 0. The number of nitrogens with zero attached hydrogens (tertiary/aromatic N) is 5. The van der Waals surface area contributed by atoms with Gasteiger partial charge < -0.3 is 24.9 Å². The third-order valence-electron chi connectivity index (χ3n) is 4.53. The molecule has 1 aliphatic rings. The van der Waals surface area contributed by atoms with Gasteiger partial charge in [-0.2, -0.15) is 0 Å². The Balaban J connectivity index is 0.00000420. The first-order chi connectivity index (χ1) is 13.3. The molecule has 1 aromatic rings. The summed E-state index contributed by atoms with van der Waals surface area (Å²) in [5, 5.41) is 3.07. The van der Waals surface area contributed by atoms with E-state index in [4.69, 9.17) is 0 Å². The largest absolute Gasteiger partial charge is 0.368 e. The molecular formula is C19H30FIN6O2. The number of aliphatic imine (C=N–C) groups is 1. The van der Waals surface area contributed by atoms with Crippen molar-refractivity contribution in [1.82, 2.24) is 20.0 Å². The van der Waals surface area contributed by atoms with Gasteiger partial charge in [0.1, 0.15) is 12.4 Å². The van der Waals surface area contributed by atoms with E-state index in [0.29, 0.717) is 19.0 Å². The lowest BCUT2D eigenvalue weighted by Gasteiger charge is -2.37. The molecule has 0 radical (unpaired) electrons. The average Bonchev–Trinajstić information content (AvgIpc) is 2.68. The maximum absolute atomic E-state index is 13.1. The fourth-order valence-corrected chi connectivity index (χ4v) is 2.69. The second kappa shape index (κ2) is 11.8. The van der Waals surface area contributed by atoms with Crippen LogP contribution in [0.2, 0.25) is 0 Å². The van der Waals surface area contributed by atoms with Crippen molar-refractivity contribution in [3.8, 4) is 0 Å². The fraction of sp³-hybridized carbons (Fsp3) is 0.526. The van der Waals surface area contributed by atoms with E-state index in [9.17, 15) is 14.0 Å². The molecule has 0 aliphatic carbocycles. The molecule has 162 valence electrons. The number of hydrogen-bond acceptors (Lipinski definition) is 4. The first kappa shape index (κ1) is 24.9. The molecule has 1 aromatic carbocycles. The van der Waals surface area contributed by atoms with Crippen molar-refractivity contribution >= 4 is 47.4 Å². The Bertz CT molecular complexity index is 703. The minimum absolute atomic E-state index is 0. The number of guanidine groups is 1. The summed E-state index contributed by atoms with van der Waals surface area (Å²) >= 11 is 0. The van der Waals surface area contributed by atoms with Crippen LogP contribution in [0.5, 0.6) is 0 Å². The van der Waals surface area contributed by atoms with Crippen molar-refractivity contribution in [1.29, 1.82) is 0 Å². The number of amides is 2. The Hall–Kier alpha value is -2.11. The van der Waals surface area contributed by atoms with E-state index in [1.54, 1.807) is 40.3 Å². The standard InChI is InChI=1S/C19H29FN6O2.HI/c1-23(2)17(27)13-21-19(22-14-18(28)24(3)4)26-11-9-25(10-12-26)16-7-5-15(20)6-8-16;/h5-8H,9-14H2,1-4H3,(H,21,22);1H. The lowest BCUT2D eigenvalue weighted by molar-refractivity contribution is -0.127. The zero-order valence-corrected chi connectivity index (χ0v) is 19.7. The van der Waals surface area contributed by atoms with E-state index >= 15 is 0 Å². The third-order valence-corrected chi connectivity index (χ3v) is 4.53. The van der Waals surface area contributed by atoms with Crippen molar-refractivity contribution in [2.45, 2.75) is 0 Å². The van der Waals surface area contributed by atoms with Gasteiger partial charge in [0, 0.05) is 60.1 Å². The van der Waals surface area contributed by atoms with Crippen molar-refractivity contribution in [3.63, 3.8) is 0 Å². The summed E-state index contributed by atoms with van der Waals surface area (Å²) in [4.78, 5) is 35.4. The molecule has 10 heteroatoms. The Morgan fingerprint density at radius 3 is 2.07 bits per heavy atom. The monoisotopic (exact) mass is 520 g/mol. The number of rotatable bonds is 5. The molecule has 1 saturated heterocycles. The molecule has 8 nitrogen and oxygen atoms in total. The Morgan fingerprint density at radius 2 is 1.55 bits per heavy atom. The van der Waals surface area contributed by atoms with Gasteiger partial charge in [0.15, 0.2) is 5.96 Å². The zero-order chi connectivity index (χ0) is 20.7. The predicted molar refractivity (Wildman–Crippen MR) is 123 cm³/mol. The van der Waals surface area contributed by atoms with Crippen LogP contribution in [0.25, 0.3) is 0 Å². The number of likely N-dealkylation sites (N-methyl/N-ethyl adjacent to an activating group) is 2. The number of hydrogen-bond donors (Lipinski definition) is 1. The minimum atomic E-state index is -0.253. The molecule has 2 rings (SSSR count). The summed E-state index contributed by atoms with van der Waals surface area (Å²) < 4.78 is 13.1. The maximum atomic E-state index is 13.1. The normalized spacial score (nSPS) is 14.2. The van der Waals surface area contributed by atoms with Gasteiger partial charge in [-0.3, -0.25) is 9.59 Å². The highest BCUT2D eigenvalue weighted by Gasteiger charge is 2.21. The SMILES string of the molecule is CN(C)C(=O)CN=C(NCC(=O)N(C)C)N1CCN(c2ccc(F)cc2)CC1.I. The molecule has 1 N–H and O–H groups in total. The second-order valence-corrected chi connectivity index (χ2v) is 7.02. The molecule has 2 amide bonds. The second-order valence-electron chi connectivity index (χ2n) is 7.02. The van der Waals surface area contributed by atoms with Crippen LogP contribution < -0.4 is 10.2 Å². The first-order valence-corrected chi connectivity index (χ1v) is 9.22. The molecule has 0 atom stereocenters. The Morgan fingerprint density at radius 1 is 1.00 bits per heavy atom.